The first-order valence-electron chi connectivity index (χ1n) is 5.66. The van der Waals surface area contributed by atoms with Crippen molar-refractivity contribution in [2.75, 3.05) is 5.73 Å². The Balaban J connectivity index is 0.00000242. The van der Waals surface area contributed by atoms with Crippen LogP contribution in [-0.2, 0) is 10.1 Å². The van der Waals surface area contributed by atoms with Crippen molar-refractivity contribution >= 4 is 39.0 Å². The quantitative estimate of drug-likeness (QED) is 0.233. The zero-order valence-corrected chi connectivity index (χ0v) is 15.1. The van der Waals surface area contributed by atoms with Crippen molar-refractivity contribution in [3.05, 3.63) is 53.1 Å². The molecule has 0 heterocycles. The molecule has 0 aromatic heterocycles. The van der Waals surface area contributed by atoms with Gasteiger partial charge in [0, 0.05) is 5.02 Å². The molecule has 0 fully saturated rings. The van der Waals surface area contributed by atoms with Gasteiger partial charge >= 0.3 is 29.6 Å². The van der Waals surface area contributed by atoms with E-state index in [9.17, 15) is 13.5 Å². The third-order valence-corrected chi connectivity index (χ3v) is 3.74. The van der Waals surface area contributed by atoms with Gasteiger partial charge in [0.1, 0.15) is 4.90 Å². The maximum absolute atomic E-state index is 11.9. The Labute approximate surface area is 154 Å². The Bertz CT molecular complexity index is 825. The number of hydrogen-bond acceptors (Lipinski definition) is 5. The number of nitrogens with two attached hydrogens (primary N) is 1. The molecule has 2 aromatic rings. The molecule has 0 saturated heterocycles. The van der Waals surface area contributed by atoms with Crippen LogP contribution in [0.15, 0.2) is 52.4 Å². The summed E-state index contributed by atoms with van der Waals surface area (Å²) >= 11 is 5.78. The maximum atomic E-state index is 11.9. The molecule has 0 aliphatic rings. The number of hydrogen-bond donors (Lipinski definition) is 2. The predicted octanol–water partition coefficient (Wildman–Crippen LogP) is -1.39. The van der Waals surface area contributed by atoms with Crippen molar-refractivity contribution in [2.45, 2.75) is 4.90 Å². The summed E-state index contributed by atoms with van der Waals surface area (Å²) in [7, 11) is -4.41. The smallest absolute Gasteiger partial charge is 0.858 e. The molecule has 0 spiro atoms. The summed E-state index contributed by atoms with van der Waals surface area (Å²) < 4.78 is 31.0. The fraction of sp³-hybridized carbons (Fsp3) is 0. The van der Waals surface area contributed by atoms with Crippen molar-refractivity contribution in [3.8, 4) is 0 Å². The van der Waals surface area contributed by atoms with Crippen LogP contribution in [0.1, 0.15) is 5.56 Å². The van der Waals surface area contributed by atoms with Crippen molar-refractivity contribution in [3.63, 3.8) is 0 Å². The molecule has 110 valence electrons. The third-order valence-electron chi connectivity index (χ3n) is 2.57. The summed E-state index contributed by atoms with van der Waals surface area (Å²) in [5.41, 5.74) is 5.78. The molecule has 3 N–H and O–H groups in total. The normalized spacial score (nSPS) is 11.8. The van der Waals surface area contributed by atoms with Gasteiger partial charge in [-0.3, -0.25) is 9.55 Å². The van der Waals surface area contributed by atoms with E-state index in [1.54, 1.807) is 18.2 Å². The summed E-state index contributed by atoms with van der Waals surface area (Å²) in [6.45, 7) is 0. The molecule has 0 saturated carbocycles. The molecule has 22 heavy (non-hydrogen) atoms. The number of aliphatic imine (C=N–C) groups is 1. The second-order valence-corrected chi connectivity index (χ2v) is 5.95. The van der Waals surface area contributed by atoms with E-state index in [-0.39, 0.29) is 40.9 Å². The Morgan fingerprint density at radius 3 is 2.45 bits per heavy atom. The minimum atomic E-state index is -4.41. The van der Waals surface area contributed by atoms with Crippen molar-refractivity contribution in [2.24, 2.45) is 4.99 Å². The van der Waals surface area contributed by atoms with Gasteiger partial charge in [-0.25, -0.2) is 0 Å². The molecule has 0 aliphatic carbocycles. The number of nitrogen functional groups attached to an aromatic ring is 1. The van der Waals surface area contributed by atoms with Crippen LogP contribution >= 0.6 is 11.6 Å². The number of halogens is 1. The summed E-state index contributed by atoms with van der Waals surface area (Å²) in [4.78, 5) is 3.37. The van der Waals surface area contributed by atoms with Gasteiger partial charge < -0.3 is 10.8 Å². The van der Waals surface area contributed by atoms with Crippen molar-refractivity contribution in [1.29, 1.82) is 0 Å². The van der Waals surface area contributed by atoms with Crippen LogP contribution in [-0.4, -0.2) is 18.9 Å². The minimum Gasteiger partial charge on any atom is -0.858 e. The molecule has 6 nitrogen and oxygen atoms in total. The van der Waals surface area contributed by atoms with Gasteiger partial charge in [-0.2, -0.15) is 8.42 Å². The topological polar surface area (TPSA) is 116 Å². The molecular weight excluding hydrogens is 339 g/mol. The average Bonchev–Trinajstić information content (AvgIpc) is 2.37. The second-order valence-electron chi connectivity index (χ2n) is 4.12. The third kappa shape index (κ3) is 4.70. The van der Waals surface area contributed by atoms with Gasteiger partial charge in [-0.15, -0.1) is 0 Å². The fourth-order valence-electron chi connectivity index (χ4n) is 1.64. The number of anilines is 1. The Morgan fingerprint density at radius 1 is 1.23 bits per heavy atom. The number of nitrogens with zero attached hydrogens (tertiary/aromatic N) is 1. The zero-order valence-electron chi connectivity index (χ0n) is 11.5. The van der Waals surface area contributed by atoms with E-state index in [2.05, 4.69) is 4.99 Å². The molecule has 0 unspecified atom stereocenters. The van der Waals surface area contributed by atoms with Crippen LogP contribution in [0.2, 0.25) is 5.02 Å². The van der Waals surface area contributed by atoms with E-state index in [4.69, 9.17) is 21.9 Å². The van der Waals surface area contributed by atoms with E-state index < -0.39 is 20.9 Å². The average molecular weight is 349 g/mol. The van der Waals surface area contributed by atoms with Gasteiger partial charge in [-0.1, -0.05) is 23.7 Å². The summed E-state index contributed by atoms with van der Waals surface area (Å²) in [5, 5.41) is 12.3. The van der Waals surface area contributed by atoms with Crippen LogP contribution in [0.4, 0.5) is 11.4 Å². The van der Waals surface area contributed by atoms with Crippen molar-refractivity contribution in [1.82, 2.24) is 0 Å². The Kier molecular flexibility index (Phi) is 6.42. The first-order valence-corrected chi connectivity index (χ1v) is 7.48. The van der Waals surface area contributed by atoms with E-state index in [1.165, 1.54) is 18.2 Å². The van der Waals surface area contributed by atoms with Crippen LogP contribution < -0.4 is 40.4 Å². The number of benzene rings is 2. The summed E-state index contributed by atoms with van der Waals surface area (Å²) in [6.07, 6.45) is 0. The monoisotopic (exact) mass is 348 g/mol. The number of rotatable bonds is 3. The van der Waals surface area contributed by atoms with Gasteiger partial charge in [-0.05, 0) is 41.8 Å². The molecule has 0 aliphatic heterocycles. The van der Waals surface area contributed by atoms with Gasteiger partial charge in [0.25, 0.3) is 10.1 Å². The van der Waals surface area contributed by atoms with Crippen LogP contribution in [0.3, 0.4) is 0 Å². The minimum absolute atomic E-state index is 0. The molecule has 0 bridgehead atoms. The molecular formula is C13H10ClN2NaO4S. The first-order chi connectivity index (χ1) is 9.77. The second kappa shape index (κ2) is 7.45. The van der Waals surface area contributed by atoms with Gasteiger partial charge in [0.15, 0.2) is 0 Å². The largest absolute Gasteiger partial charge is 1.00 e. The van der Waals surface area contributed by atoms with Crippen LogP contribution in [0.5, 0.6) is 0 Å². The van der Waals surface area contributed by atoms with Crippen LogP contribution in [0.25, 0.3) is 0 Å². The molecule has 9 heteroatoms. The first kappa shape index (κ1) is 19.0. The summed E-state index contributed by atoms with van der Waals surface area (Å²) in [5.74, 6) is -0.545. The zero-order chi connectivity index (χ0) is 15.6. The predicted molar refractivity (Wildman–Crippen MR) is 78.3 cm³/mol. The van der Waals surface area contributed by atoms with Gasteiger partial charge in [0.2, 0.25) is 0 Å². The SMILES string of the molecule is Nc1cc(N=C([O-])c2cccc(Cl)c2)ccc1S(=O)(=O)O.[Na+]. The molecule has 2 rings (SSSR count). The van der Waals surface area contributed by atoms with Gasteiger partial charge in [0.05, 0.1) is 11.4 Å². The van der Waals surface area contributed by atoms with E-state index in [0.717, 1.165) is 6.07 Å². The Hall–Kier alpha value is -1.09. The van der Waals surface area contributed by atoms with E-state index >= 15 is 0 Å². The van der Waals surface area contributed by atoms with E-state index in [1.807, 2.05) is 0 Å². The summed E-state index contributed by atoms with van der Waals surface area (Å²) in [6, 6.07) is 9.78. The van der Waals surface area contributed by atoms with E-state index in [0.29, 0.717) is 10.6 Å². The van der Waals surface area contributed by atoms with Crippen LogP contribution in [0, 0.1) is 0 Å². The molecule has 0 amide bonds. The standard InChI is InChI=1S/C13H11ClN2O4S.Na/c14-9-3-1-2-8(6-9)13(17)16-10-4-5-12(11(15)7-10)21(18,19)20;/h1-7H,15H2,(H,16,17)(H,18,19,20);/q;+1/p-1. The fourth-order valence-corrected chi connectivity index (χ4v) is 2.43. The Morgan fingerprint density at radius 2 is 1.91 bits per heavy atom. The molecule has 2 aromatic carbocycles. The maximum Gasteiger partial charge on any atom is 1.00 e. The molecule has 0 atom stereocenters. The van der Waals surface area contributed by atoms with Crippen molar-refractivity contribution < 1.29 is 47.6 Å². The molecule has 0 radical (unpaired) electrons.